The van der Waals surface area contributed by atoms with Gasteiger partial charge < -0.3 is 10.0 Å². The van der Waals surface area contributed by atoms with Crippen molar-refractivity contribution in [3.8, 4) is 0 Å². The molecule has 0 aliphatic carbocycles. The summed E-state index contributed by atoms with van der Waals surface area (Å²) >= 11 is 0. The summed E-state index contributed by atoms with van der Waals surface area (Å²) in [4.78, 5) is 2.12. The van der Waals surface area contributed by atoms with Crippen LogP contribution in [0.25, 0.3) is 0 Å². The molecule has 1 aromatic carbocycles. The van der Waals surface area contributed by atoms with Gasteiger partial charge in [-0.2, -0.15) is 0 Å². The van der Waals surface area contributed by atoms with Gasteiger partial charge in [0.05, 0.1) is 5.69 Å². The van der Waals surface area contributed by atoms with Gasteiger partial charge in [-0.05, 0) is 44.7 Å². The molecule has 1 fully saturated rings. The summed E-state index contributed by atoms with van der Waals surface area (Å²) in [5, 5.41) is 9.24. The molecule has 1 aliphatic heterocycles. The molecule has 1 aliphatic rings. The average Bonchev–Trinajstić information content (AvgIpc) is 2.29. The Morgan fingerprint density at radius 3 is 2.71 bits per heavy atom. The van der Waals surface area contributed by atoms with Crippen LogP contribution in [0.3, 0.4) is 0 Å². The Labute approximate surface area is 102 Å². The van der Waals surface area contributed by atoms with E-state index in [1.165, 1.54) is 6.07 Å². The van der Waals surface area contributed by atoms with E-state index in [1.807, 2.05) is 12.1 Å². The van der Waals surface area contributed by atoms with Gasteiger partial charge in [-0.25, -0.2) is 4.39 Å². The first kappa shape index (κ1) is 12.4. The molecule has 1 atom stereocenters. The topological polar surface area (TPSA) is 23.5 Å². The van der Waals surface area contributed by atoms with Crippen molar-refractivity contribution >= 4 is 5.69 Å². The highest BCUT2D eigenvalue weighted by atomic mass is 19.1. The number of benzene rings is 1. The van der Waals surface area contributed by atoms with Crippen molar-refractivity contribution in [1.29, 1.82) is 0 Å². The van der Waals surface area contributed by atoms with E-state index in [2.05, 4.69) is 18.7 Å². The predicted molar refractivity (Wildman–Crippen MR) is 67.6 cm³/mol. The lowest BCUT2D eigenvalue weighted by molar-refractivity contribution is 0.165. The summed E-state index contributed by atoms with van der Waals surface area (Å²) in [6.45, 7) is 5.26. The first-order chi connectivity index (χ1) is 8.04. The first-order valence-corrected chi connectivity index (χ1v) is 6.17. The molecule has 1 aromatic rings. The fourth-order valence-electron chi connectivity index (χ4n) is 2.81. The van der Waals surface area contributed by atoms with E-state index in [0.29, 0.717) is 11.6 Å². The molecule has 3 heteroatoms. The third-order valence-corrected chi connectivity index (χ3v) is 3.68. The highest BCUT2D eigenvalue weighted by Gasteiger charge is 2.35. The average molecular weight is 237 g/mol. The van der Waals surface area contributed by atoms with Gasteiger partial charge in [0.2, 0.25) is 0 Å². The van der Waals surface area contributed by atoms with Crippen LogP contribution in [0.4, 0.5) is 10.1 Å². The number of aliphatic hydroxyl groups excluding tert-OH is 1. The second-order valence-electron chi connectivity index (χ2n) is 5.46. The van der Waals surface area contributed by atoms with Crippen LogP contribution in [0, 0.1) is 11.7 Å². The number of nitrogens with zero attached hydrogens (tertiary/aromatic N) is 1. The minimum atomic E-state index is -0.164. The van der Waals surface area contributed by atoms with Crippen molar-refractivity contribution < 1.29 is 9.50 Å². The summed E-state index contributed by atoms with van der Waals surface area (Å²) in [6, 6.07) is 6.92. The number of hydrogen-bond donors (Lipinski definition) is 1. The maximum Gasteiger partial charge on any atom is 0.146 e. The highest BCUT2D eigenvalue weighted by Crippen LogP contribution is 2.36. The zero-order valence-electron chi connectivity index (χ0n) is 10.5. The zero-order chi connectivity index (χ0) is 12.5. The molecule has 0 bridgehead atoms. The van der Waals surface area contributed by atoms with Crippen LogP contribution in [-0.2, 0) is 0 Å². The molecule has 0 saturated carbocycles. The largest absolute Gasteiger partial charge is 0.396 e. The molecule has 0 spiro atoms. The van der Waals surface area contributed by atoms with E-state index in [0.717, 1.165) is 19.4 Å². The lowest BCUT2D eigenvalue weighted by Crippen LogP contribution is -2.51. The van der Waals surface area contributed by atoms with Gasteiger partial charge in [-0.1, -0.05) is 12.1 Å². The molecule has 0 amide bonds. The second-order valence-corrected chi connectivity index (χ2v) is 5.46. The van der Waals surface area contributed by atoms with Gasteiger partial charge in [-0.3, -0.25) is 0 Å². The molecule has 0 radical (unpaired) electrons. The predicted octanol–water partition coefficient (Wildman–Crippen LogP) is 2.81. The number of rotatable bonds is 2. The Morgan fingerprint density at radius 2 is 2.12 bits per heavy atom. The number of aliphatic hydroxyl groups is 1. The molecule has 2 rings (SSSR count). The Morgan fingerprint density at radius 1 is 1.41 bits per heavy atom. The number of para-hydroxylation sites is 1. The standard InChI is InChI=1S/C14H20FNO/c1-14(2)9-11(10-17)7-8-16(14)13-6-4-3-5-12(13)15/h3-6,11,17H,7-10H2,1-2H3. The van der Waals surface area contributed by atoms with Crippen molar-refractivity contribution in [3.05, 3.63) is 30.1 Å². The normalized spacial score (nSPS) is 23.8. The Hall–Kier alpha value is -1.09. The molecule has 94 valence electrons. The van der Waals surface area contributed by atoms with Crippen LogP contribution in [0.2, 0.25) is 0 Å². The maximum absolute atomic E-state index is 13.8. The van der Waals surface area contributed by atoms with E-state index >= 15 is 0 Å². The summed E-state index contributed by atoms with van der Waals surface area (Å²) in [7, 11) is 0. The summed E-state index contributed by atoms with van der Waals surface area (Å²) < 4.78 is 13.8. The van der Waals surface area contributed by atoms with Crippen LogP contribution in [0.5, 0.6) is 0 Å². The van der Waals surface area contributed by atoms with Gasteiger partial charge >= 0.3 is 0 Å². The summed E-state index contributed by atoms with van der Waals surface area (Å²) in [5.74, 6) is 0.177. The van der Waals surface area contributed by atoms with Crippen molar-refractivity contribution in [1.82, 2.24) is 0 Å². The van der Waals surface area contributed by atoms with Gasteiger partial charge in [-0.15, -0.1) is 0 Å². The van der Waals surface area contributed by atoms with Crippen LogP contribution in [0.1, 0.15) is 26.7 Å². The zero-order valence-corrected chi connectivity index (χ0v) is 10.5. The highest BCUT2D eigenvalue weighted by molar-refractivity contribution is 5.50. The van der Waals surface area contributed by atoms with E-state index in [1.54, 1.807) is 6.07 Å². The van der Waals surface area contributed by atoms with Gasteiger partial charge in [0.25, 0.3) is 0 Å². The van der Waals surface area contributed by atoms with Crippen LogP contribution in [0.15, 0.2) is 24.3 Å². The lowest BCUT2D eigenvalue weighted by atomic mass is 9.82. The van der Waals surface area contributed by atoms with Crippen LogP contribution in [-0.4, -0.2) is 23.8 Å². The quantitative estimate of drug-likeness (QED) is 0.855. The fourth-order valence-corrected chi connectivity index (χ4v) is 2.81. The van der Waals surface area contributed by atoms with Gasteiger partial charge in [0.15, 0.2) is 0 Å². The summed E-state index contributed by atoms with van der Waals surface area (Å²) in [6.07, 6.45) is 1.83. The molecule has 1 N–H and O–H groups in total. The van der Waals surface area contributed by atoms with Gasteiger partial charge in [0.1, 0.15) is 5.82 Å². The van der Waals surface area contributed by atoms with Crippen LogP contribution < -0.4 is 4.90 Å². The first-order valence-electron chi connectivity index (χ1n) is 6.17. The molecule has 2 nitrogen and oxygen atoms in total. The third kappa shape index (κ3) is 2.44. The van der Waals surface area contributed by atoms with Crippen molar-refractivity contribution in [2.75, 3.05) is 18.1 Å². The minimum absolute atomic E-state index is 0.103. The Balaban J connectivity index is 2.25. The molecular weight excluding hydrogens is 217 g/mol. The molecule has 17 heavy (non-hydrogen) atoms. The van der Waals surface area contributed by atoms with Crippen molar-refractivity contribution in [2.24, 2.45) is 5.92 Å². The van der Waals surface area contributed by atoms with Crippen molar-refractivity contribution in [2.45, 2.75) is 32.2 Å². The fraction of sp³-hybridized carbons (Fsp3) is 0.571. The third-order valence-electron chi connectivity index (χ3n) is 3.68. The number of piperidine rings is 1. The van der Waals surface area contributed by atoms with Crippen LogP contribution >= 0.6 is 0 Å². The lowest BCUT2D eigenvalue weighted by Gasteiger charge is -2.47. The molecule has 1 saturated heterocycles. The SMILES string of the molecule is CC1(C)CC(CO)CCN1c1ccccc1F. The Bertz CT molecular complexity index is 392. The van der Waals surface area contributed by atoms with Crippen molar-refractivity contribution in [3.63, 3.8) is 0 Å². The minimum Gasteiger partial charge on any atom is -0.396 e. The van der Waals surface area contributed by atoms with E-state index in [4.69, 9.17) is 0 Å². The molecule has 1 unspecified atom stereocenters. The molecular formula is C14H20FNO. The summed E-state index contributed by atoms with van der Waals surface area (Å²) in [5.41, 5.74) is 0.572. The second kappa shape index (κ2) is 4.65. The number of hydrogen-bond acceptors (Lipinski definition) is 2. The number of halogens is 1. The monoisotopic (exact) mass is 237 g/mol. The Kier molecular flexibility index (Phi) is 3.38. The maximum atomic E-state index is 13.8. The molecule has 1 heterocycles. The van der Waals surface area contributed by atoms with E-state index in [-0.39, 0.29) is 18.0 Å². The molecule has 0 aromatic heterocycles. The van der Waals surface area contributed by atoms with E-state index in [9.17, 15) is 9.50 Å². The van der Waals surface area contributed by atoms with E-state index < -0.39 is 0 Å². The van der Waals surface area contributed by atoms with Gasteiger partial charge in [0, 0.05) is 18.7 Å². The smallest absolute Gasteiger partial charge is 0.146 e. The number of anilines is 1.